The lowest BCUT2D eigenvalue weighted by atomic mass is 10.1. The zero-order chi connectivity index (χ0) is 21.0. The maximum absolute atomic E-state index is 13.3. The summed E-state index contributed by atoms with van der Waals surface area (Å²) in [6.45, 7) is 0.0718. The van der Waals surface area contributed by atoms with E-state index in [9.17, 15) is 26.4 Å². The molecule has 0 bridgehead atoms. The molecule has 5 nitrogen and oxygen atoms in total. The van der Waals surface area contributed by atoms with Crippen molar-refractivity contribution < 1.29 is 26.4 Å². The van der Waals surface area contributed by atoms with Crippen LogP contribution in [0.25, 0.3) is 0 Å². The van der Waals surface area contributed by atoms with Gasteiger partial charge in [0.25, 0.3) is 5.91 Å². The first kappa shape index (κ1) is 20.5. The molecule has 0 spiro atoms. The third-order valence-electron chi connectivity index (χ3n) is 4.09. The molecule has 3 rings (SSSR count). The lowest BCUT2D eigenvalue weighted by Gasteiger charge is -2.23. The highest BCUT2D eigenvalue weighted by atomic mass is 32.2. The van der Waals surface area contributed by atoms with Crippen molar-refractivity contribution in [1.82, 2.24) is 4.98 Å². The Morgan fingerprint density at radius 2 is 1.62 bits per heavy atom. The van der Waals surface area contributed by atoms with Crippen LogP contribution in [0.3, 0.4) is 0 Å². The average Bonchev–Trinajstić information content (AvgIpc) is 2.73. The van der Waals surface area contributed by atoms with Gasteiger partial charge in [-0.15, -0.1) is 0 Å². The van der Waals surface area contributed by atoms with Gasteiger partial charge in [-0.2, -0.15) is 8.78 Å². The molecule has 0 fully saturated rings. The number of rotatable bonds is 6. The Morgan fingerprint density at radius 1 is 0.966 bits per heavy atom. The molecule has 0 radical (unpaired) electrons. The highest BCUT2D eigenvalue weighted by molar-refractivity contribution is 7.91. The summed E-state index contributed by atoms with van der Waals surface area (Å²) in [6, 6.07) is 14.7. The van der Waals surface area contributed by atoms with Crippen molar-refractivity contribution >= 4 is 21.4 Å². The van der Waals surface area contributed by atoms with Crippen LogP contribution in [-0.4, -0.2) is 25.1 Å². The number of carbonyl (C=O) groups is 1. The quantitative estimate of drug-likeness (QED) is 0.603. The van der Waals surface area contributed by atoms with Crippen LogP contribution in [0.4, 0.5) is 18.9 Å². The van der Waals surface area contributed by atoms with Crippen LogP contribution in [0.2, 0.25) is 0 Å². The predicted molar refractivity (Wildman–Crippen MR) is 101 cm³/mol. The molecule has 29 heavy (non-hydrogen) atoms. The van der Waals surface area contributed by atoms with E-state index in [1.807, 2.05) is 0 Å². The Bertz CT molecular complexity index is 1090. The molecular formula is C20H15F3N2O3S. The first-order chi connectivity index (χ1) is 13.8. The first-order valence-electron chi connectivity index (χ1n) is 8.38. The maximum atomic E-state index is 13.3. The topological polar surface area (TPSA) is 67.3 Å². The second-order valence-electron chi connectivity index (χ2n) is 6.02. The number of hydrogen-bond acceptors (Lipinski definition) is 4. The van der Waals surface area contributed by atoms with Crippen molar-refractivity contribution in [3.8, 4) is 0 Å². The molecule has 0 atom stereocenters. The molecule has 0 aliphatic rings. The number of hydrogen-bond donors (Lipinski definition) is 0. The predicted octanol–water partition coefficient (Wildman–Crippen LogP) is 4.06. The largest absolute Gasteiger partial charge is 0.341 e. The van der Waals surface area contributed by atoms with Crippen LogP contribution in [0.15, 0.2) is 77.8 Å². The van der Waals surface area contributed by atoms with Crippen molar-refractivity contribution in [2.75, 3.05) is 4.90 Å². The van der Waals surface area contributed by atoms with Gasteiger partial charge in [0, 0.05) is 17.4 Å². The Labute approximate surface area is 165 Å². The highest BCUT2D eigenvalue weighted by Crippen LogP contribution is 2.23. The minimum atomic E-state index is -4.75. The zero-order valence-electron chi connectivity index (χ0n) is 14.9. The molecule has 0 saturated heterocycles. The van der Waals surface area contributed by atoms with Crippen LogP contribution >= 0.6 is 0 Å². The number of alkyl halides is 2. The maximum Gasteiger partial charge on any atom is 0.341 e. The van der Waals surface area contributed by atoms with E-state index in [2.05, 4.69) is 4.98 Å². The fourth-order valence-electron chi connectivity index (χ4n) is 2.60. The molecular weight excluding hydrogens is 405 g/mol. The molecule has 1 amide bonds. The minimum Gasteiger partial charge on any atom is -0.302 e. The van der Waals surface area contributed by atoms with Crippen LogP contribution in [0.5, 0.6) is 0 Å². The van der Waals surface area contributed by atoms with E-state index in [0.29, 0.717) is 11.4 Å². The van der Waals surface area contributed by atoms with Crippen LogP contribution in [-0.2, 0) is 16.4 Å². The first-order valence-corrected chi connectivity index (χ1v) is 9.93. The Balaban J connectivity index is 1.95. The van der Waals surface area contributed by atoms with Gasteiger partial charge >= 0.3 is 5.76 Å². The molecule has 1 aromatic heterocycles. The molecule has 0 aliphatic carbocycles. The summed E-state index contributed by atoms with van der Waals surface area (Å²) in [5, 5.41) is 0. The van der Waals surface area contributed by atoms with Gasteiger partial charge in [-0.1, -0.05) is 6.07 Å². The van der Waals surface area contributed by atoms with Gasteiger partial charge in [0.05, 0.1) is 17.1 Å². The second-order valence-corrected chi connectivity index (χ2v) is 7.94. The van der Waals surface area contributed by atoms with E-state index in [0.717, 1.165) is 24.3 Å². The van der Waals surface area contributed by atoms with E-state index >= 15 is 0 Å². The lowest BCUT2D eigenvalue weighted by molar-refractivity contribution is 0.0984. The van der Waals surface area contributed by atoms with Crippen LogP contribution < -0.4 is 4.90 Å². The molecule has 0 aliphatic heterocycles. The van der Waals surface area contributed by atoms with Gasteiger partial charge in [0.2, 0.25) is 9.84 Å². The van der Waals surface area contributed by atoms with Crippen molar-refractivity contribution in [2.24, 2.45) is 0 Å². The molecule has 9 heteroatoms. The van der Waals surface area contributed by atoms with Crippen molar-refractivity contribution in [3.05, 3.63) is 90.0 Å². The number of carbonyl (C=O) groups excluding carboxylic acids is 1. The van der Waals surface area contributed by atoms with Gasteiger partial charge in [-0.3, -0.25) is 9.78 Å². The van der Waals surface area contributed by atoms with Crippen molar-refractivity contribution in [3.63, 3.8) is 0 Å². The molecule has 1 heterocycles. The second kappa shape index (κ2) is 8.44. The summed E-state index contributed by atoms with van der Waals surface area (Å²) in [5.41, 5.74) is 1.05. The fourth-order valence-corrected chi connectivity index (χ4v) is 3.32. The standard InChI is InChI=1S/C20H15F3N2O3S/c21-15-6-8-17(9-7-15)25(13-16-3-1-2-12-24-16)19(26)14-4-10-18(11-5-14)29(27,28)20(22)23/h1-12,20H,13H2. The number of sulfone groups is 1. The number of halogens is 3. The van der Waals surface area contributed by atoms with Gasteiger partial charge < -0.3 is 4.90 Å². The minimum absolute atomic E-state index is 0.0718. The van der Waals surface area contributed by atoms with Gasteiger partial charge in [0.15, 0.2) is 0 Å². The van der Waals surface area contributed by atoms with Gasteiger partial charge in [0.1, 0.15) is 5.82 Å². The Morgan fingerprint density at radius 3 is 2.17 bits per heavy atom. The van der Waals surface area contributed by atoms with E-state index < -0.39 is 32.2 Å². The van der Waals surface area contributed by atoms with Crippen LogP contribution in [0, 0.1) is 5.82 Å². The number of aromatic nitrogens is 1. The summed E-state index contributed by atoms with van der Waals surface area (Å²) in [7, 11) is -4.75. The normalized spacial score (nSPS) is 11.4. The molecule has 2 aromatic carbocycles. The molecule has 3 aromatic rings. The summed E-state index contributed by atoms with van der Waals surface area (Å²) < 4.78 is 61.8. The molecule has 0 saturated carbocycles. The third-order valence-corrected chi connectivity index (χ3v) is 5.49. The van der Waals surface area contributed by atoms with Crippen LogP contribution in [0.1, 0.15) is 16.1 Å². The lowest BCUT2D eigenvalue weighted by Crippen LogP contribution is -2.30. The van der Waals surface area contributed by atoms with Gasteiger partial charge in [-0.25, -0.2) is 12.8 Å². The molecule has 150 valence electrons. The smallest absolute Gasteiger partial charge is 0.302 e. The summed E-state index contributed by atoms with van der Waals surface area (Å²) >= 11 is 0. The van der Waals surface area contributed by atoms with Crippen molar-refractivity contribution in [2.45, 2.75) is 17.2 Å². The zero-order valence-corrected chi connectivity index (χ0v) is 15.7. The summed E-state index contributed by atoms with van der Waals surface area (Å²) in [6.07, 6.45) is 1.56. The Kier molecular flexibility index (Phi) is 5.97. The van der Waals surface area contributed by atoms with E-state index in [1.165, 1.54) is 29.2 Å². The number of nitrogens with zero attached hydrogens (tertiary/aromatic N) is 2. The number of amides is 1. The van der Waals surface area contributed by atoms with Crippen molar-refractivity contribution in [1.29, 1.82) is 0 Å². The SMILES string of the molecule is O=C(c1ccc(S(=O)(=O)C(F)F)cc1)N(Cc1ccccn1)c1ccc(F)cc1. The average molecular weight is 420 g/mol. The fraction of sp³-hybridized carbons (Fsp3) is 0.100. The summed E-state index contributed by atoms with van der Waals surface area (Å²) in [4.78, 5) is 18.0. The summed E-state index contributed by atoms with van der Waals surface area (Å²) in [5.74, 6) is -4.55. The Hall–Kier alpha value is -3.20. The number of pyridine rings is 1. The van der Waals surface area contributed by atoms with Gasteiger partial charge in [-0.05, 0) is 60.7 Å². The molecule has 0 N–H and O–H groups in total. The monoisotopic (exact) mass is 420 g/mol. The highest BCUT2D eigenvalue weighted by Gasteiger charge is 2.27. The number of benzene rings is 2. The van der Waals surface area contributed by atoms with E-state index in [1.54, 1.807) is 24.4 Å². The van der Waals surface area contributed by atoms with E-state index in [-0.39, 0.29) is 12.1 Å². The molecule has 0 unspecified atom stereocenters. The van der Waals surface area contributed by atoms with E-state index in [4.69, 9.17) is 0 Å². The third kappa shape index (κ3) is 4.62. The number of anilines is 1.